The van der Waals surface area contributed by atoms with Crippen molar-refractivity contribution in [2.24, 2.45) is 10.9 Å². The molecule has 19 heavy (non-hydrogen) atoms. The molecule has 0 saturated carbocycles. The van der Waals surface area contributed by atoms with Gasteiger partial charge in [-0.3, -0.25) is 9.69 Å². The normalized spacial score (nSPS) is 19.5. The molecule has 1 atom stereocenters. The van der Waals surface area contributed by atoms with E-state index in [2.05, 4.69) is 10.1 Å². The molecule has 1 aliphatic heterocycles. The molecule has 0 aromatic heterocycles. The summed E-state index contributed by atoms with van der Waals surface area (Å²) in [6.45, 7) is 5.38. The predicted molar refractivity (Wildman–Crippen MR) is 72.1 cm³/mol. The van der Waals surface area contributed by atoms with Crippen molar-refractivity contribution in [1.82, 2.24) is 9.80 Å². The molecule has 1 rings (SSSR count). The molecule has 0 radical (unpaired) electrons. The number of hydrogen-bond acceptors (Lipinski definition) is 5. The average molecular weight is 272 g/mol. The highest BCUT2D eigenvalue weighted by molar-refractivity contribution is 5.84. The molecule has 7 nitrogen and oxygen atoms in total. The summed E-state index contributed by atoms with van der Waals surface area (Å²) in [6, 6.07) is -0.101. The summed E-state index contributed by atoms with van der Waals surface area (Å²) in [4.78, 5) is 15.9. The zero-order chi connectivity index (χ0) is 14.3. The van der Waals surface area contributed by atoms with E-state index in [9.17, 15) is 4.79 Å². The minimum atomic E-state index is -0.101. The van der Waals surface area contributed by atoms with Gasteiger partial charge in [0.25, 0.3) is 0 Å². The van der Waals surface area contributed by atoms with Crippen LogP contribution in [0.15, 0.2) is 5.16 Å². The van der Waals surface area contributed by atoms with Crippen molar-refractivity contribution in [3.63, 3.8) is 0 Å². The molecule has 1 heterocycles. The van der Waals surface area contributed by atoms with Gasteiger partial charge in [0.05, 0.1) is 6.04 Å². The molecular weight excluding hydrogens is 248 g/mol. The lowest BCUT2D eigenvalue weighted by atomic mass is 10.2. The van der Waals surface area contributed by atoms with E-state index >= 15 is 0 Å². The number of amidine groups is 1. The van der Waals surface area contributed by atoms with Crippen LogP contribution in [0.3, 0.4) is 0 Å². The SMILES string of the molecule is COCCCC(=O)N1CCN(C(C)C(N)=NO)CC1. The van der Waals surface area contributed by atoms with Crippen LogP contribution in [0.25, 0.3) is 0 Å². The molecule has 3 N–H and O–H groups in total. The summed E-state index contributed by atoms with van der Waals surface area (Å²) in [6.07, 6.45) is 1.29. The largest absolute Gasteiger partial charge is 0.409 e. The van der Waals surface area contributed by atoms with Crippen molar-refractivity contribution < 1.29 is 14.7 Å². The number of nitrogens with zero attached hydrogens (tertiary/aromatic N) is 3. The number of amides is 1. The monoisotopic (exact) mass is 272 g/mol. The van der Waals surface area contributed by atoms with Gasteiger partial charge in [0.1, 0.15) is 0 Å². The summed E-state index contributed by atoms with van der Waals surface area (Å²) in [5, 5.41) is 11.7. The van der Waals surface area contributed by atoms with Gasteiger partial charge in [-0.2, -0.15) is 0 Å². The average Bonchev–Trinajstić information content (AvgIpc) is 2.46. The Hall–Kier alpha value is -1.34. The van der Waals surface area contributed by atoms with Crippen LogP contribution >= 0.6 is 0 Å². The lowest BCUT2D eigenvalue weighted by Crippen LogP contribution is -2.54. The summed E-state index contributed by atoms with van der Waals surface area (Å²) < 4.78 is 4.94. The number of oxime groups is 1. The molecule has 1 saturated heterocycles. The van der Waals surface area contributed by atoms with Crippen LogP contribution in [-0.2, 0) is 9.53 Å². The second-order valence-electron chi connectivity index (χ2n) is 4.71. The maximum Gasteiger partial charge on any atom is 0.222 e. The van der Waals surface area contributed by atoms with Crippen LogP contribution in [0, 0.1) is 0 Å². The highest BCUT2D eigenvalue weighted by Crippen LogP contribution is 2.08. The second-order valence-corrected chi connectivity index (χ2v) is 4.71. The van der Waals surface area contributed by atoms with Gasteiger partial charge in [0.2, 0.25) is 5.91 Å². The summed E-state index contributed by atoms with van der Waals surface area (Å²) >= 11 is 0. The smallest absolute Gasteiger partial charge is 0.222 e. The van der Waals surface area contributed by atoms with E-state index < -0.39 is 0 Å². The molecule has 1 aliphatic rings. The fourth-order valence-corrected chi connectivity index (χ4v) is 2.16. The van der Waals surface area contributed by atoms with E-state index in [0.29, 0.717) is 26.1 Å². The van der Waals surface area contributed by atoms with Crippen molar-refractivity contribution in [3.8, 4) is 0 Å². The summed E-state index contributed by atoms with van der Waals surface area (Å²) in [7, 11) is 1.64. The Kier molecular flexibility index (Phi) is 6.58. The highest BCUT2D eigenvalue weighted by Gasteiger charge is 2.25. The Labute approximate surface area is 114 Å². The van der Waals surface area contributed by atoms with Gasteiger partial charge in [0, 0.05) is 46.3 Å². The number of carbonyl (C=O) groups excluding carboxylic acids is 1. The van der Waals surface area contributed by atoms with E-state index in [1.807, 2.05) is 11.8 Å². The fourth-order valence-electron chi connectivity index (χ4n) is 2.16. The molecule has 1 fully saturated rings. The van der Waals surface area contributed by atoms with Crippen LogP contribution in [0.5, 0.6) is 0 Å². The van der Waals surface area contributed by atoms with Crippen LogP contribution in [0.4, 0.5) is 0 Å². The topological polar surface area (TPSA) is 91.4 Å². The third-order valence-electron chi connectivity index (χ3n) is 3.50. The first-order valence-corrected chi connectivity index (χ1v) is 6.58. The first kappa shape index (κ1) is 15.7. The van der Waals surface area contributed by atoms with Gasteiger partial charge < -0.3 is 20.6 Å². The van der Waals surface area contributed by atoms with Crippen molar-refractivity contribution in [2.45, 2.75) is 25.8 Å². The van der Waals surface area contributed by atoms with Crippen molar-refractivity contribution in [2.75, 3.05) is 39.9 Å². The molecule has 1 amide bonds. The Bertz CT molecular complexity index is 314. The van der Waals surface area contributed by atoms with Gasteiger partial charge in [-0.15, -0.1) is 0 Å². The van der Waals surface area contributed by atoms with Crippen LogP contribution in [0.2, 0.25) is 0 Å². The van der Waals surface area contributed by atoms with Gasteiger partial charge in [-0.25, -0.2) is 0 Å². The lowest BCUT2D eigenvalue weighted by Gasteiger charge is -2.37. The fraction of sp³-hybridized carbons (Fsp3) is 0.833. The van der Waals surface area contributed by atoms with Crippen molar-refractivity contribution >= 4 is 11.7 Å². The first-order valence-electron chi connectivity index (χ1n) is 6.58. The van der Waals surface area contributed by atoms with Gasteiger partial charge >= 0.3 is 0 Å². The maximum atomic E-state index is 11.9. The molecule has 0 aliphatic carbocycles. The minimum absolute atomic E-state index is 0.101. The Morgan fingerprint density at radius 3 is 2.58 bits per heavy atom. The van der Waals surface area contributed by atoms with Crippen LogP contribution in [-0.4, -0.2) is 72.7 Å². The van der Waals surface area contributed by atoms with Crippen LogP contribution < -0.4 is 5.73 Å². The third kappa shape index (κ3) is 4.68. The number of rotatable bonds is 6. The predicted octanol–water partition coefficient (Wildman–Crippen LogP) is -0.308. The van der Waals surface area contributed by atoms with Crippen LogP contribution in [0.1, 0.15) is 19.8 Å². The Balaban J connectivity index is 2.34. The van der Waals surface area contributed by atoms with Crippen molar-refractivity contribution in [3.05, 3.63) is 0 Å². The summed E-state index contributed by atoms with van der Waals surface area (Å²) in [5.41, 5.74) is 5.59. The summed E-state index contributed by atoms with van der Waals surface area (Å²) in [5.74, 6) is 0.382. The standard InChI is InChI=1S/C12H24N4O3/c1-10(12(13)14-18)15-5-7-16(8-6-15)11(17)4-3-9-19-2/h10,18H,3-9H2,1-2H3,(H2,13,14). The lowest BCUT2D eigenvalue weighted by molar-refractivity contribution is -0.133. The zero-order valence-electron chi connectivity index (χ0n) is 11.7. The molecule has 0 bridgehead atoms. The number of nitrogens with two attached hydrogens (primary N) is 1. The molecule has 7 heteroatoms. The highest BCUT2D eigenvalue weighted by atomic mass is 16.5. The molecule has 0 spiro atoms. The second kappa shape index (κ2) is 7.96. The molecule has 0 aromatic rings. The number of methoxy groups -OCH3 is 1. The number of piperazine rings is 1. The third-order valence-corrected chi connectivity index (χ3v) is 3.50. The quantitative estimate of drug-likeness (QED) is 0.227. The Morgan fingerprint density at radius 1 is 1.42 bits per heavy atom. The van der Waals surface area contributed by atoms with E-state index in [1.165, 1.54) is 0 Å². The number of hydrogen-bond donors (Lipinski definition) is 2. The maximum absolute atomic E-state index is 11.9. The van der Waals surface area contributed by atoms with E-state index in [1.54, 1.807) is 7.11 Å². The molecular formula is C12H24N4O3. The van der Waals surface area contributed by atoms with Crippen molar-refractivity contribution in [1.29, 1.82) is 0 Å². The molecule has 0 aromatic carbocycles. The Morgan fingerprint density at radius 2 is 2.05 bits per heavy atom. The van der Waals surface area contributed by atoms with Gasteiger partial charge in [-0.1, -0.05) is 5.16 Å². The number of carbonyl (C=O) groups is 1. The van der Waals surface area contributed by atoms with E-state index in [-0.39, 0.29) is 17.8 Å². The van der Waals surface area contributed by atoms with E-state index in [0.717, 1.165) is 19.5 Å². The van der Waals surface area contributed by atoms with Gasteiger partial charge in [-0.05, 0) is 13.3 Å². The van der Waals surface area contributed by atoms with Gasteiger partial charge in [0.15, 0.2) is 5.84 Å². The number of ether oxygens (including phenoxy) is 1. The first-order chi connectivity index (χ1) is 9.10. The molecule has 1 unspecified atom stereocenters. The minimum Gasteiger partial charge on any atom is -0.409 e. The molecule has 110 valence electrons. The zero-order valence-corrected chi connectivity index (χ0v) is 11.7. The van der Waals surface area contributed by atoms with E-state index in [4.69, 9.17) is 15.7 Å².